The van der Waals surface area contributed by atoms with E-state index in [1.54, 1.807) is 13.8 Å². The number of nitrogen functional groups attached to an aromatic ring is 1. The van der Waals surface area contributed by atoms with Crippen LogP contribution in [0.1, 0.15) is 87.4 Å². The van der Waals surface area contributed by atoms with Gasteiger partial charge in [0.2, 0.25) is 23.6 Å². The number of amides is 5. The molecule has 2 aromatic carbocycles. The van der Waals surface area contributed by atoms with Gasteiger partial charge >= 0.3 is 47.1 Å². The van der Waals surface area contributed by atoms with Gasteiger partial charge in [0.25, 0.3) is 26.1 Å². The average Bonchev–Trinajstić information content (AvgIpc) is 1.07. The minimum absolute atomic E-state index is 0.0179. The molecule has 17 N–H and O–H groups in total. The first kappa shape index (κ1) is 85.7. The number of aliphatic hydroxyl groups is 1. The number of fused-ring (bicyclic) bond motifs is 2. The molecule has 2 aliphatic heterocycles. The van der Waals surface area contributed by atoms with Gasteiger partial charge in [-0.15, -0.1) is 0 Å². The SMILES string of the molecule is CC/N=c1\ccc2c(-c3ccccc3C(=O)N(C)CCCC(=O)NC(CCCSSCCC(=O)NCC#Cc3cn([C@H]4CC(O)[C@@H](COP(=O)(O)OP(=O)(O)OP(=O)(O)O)O4)c(=O)nc3N)C(=O)NC(CC(=O)O)C(=O)NC(CC(=O)O)C(=O)O)c3ccc(NCC)c(S(=O)(=O)O)c3oc-2c1S(=O)(=O)O. The molecule has 1 saturated heterocycles. The Hall–Kier alpha value is -8.22. The quantitative estimate of drug-likeness (QED) is 0.00660. The highest BCUT2D eigenvalue weighted by atomic mass is 33.1. The average molecular weight is 1610 g/mol. The third kappa shape index (κ3) is 24.9. The normalized spacial score (nSPS) is 16.9. The molecular weight excluding hydrogens is 1540 g/mol. The van der Waals surface area contributed by atoms with Crippen LogP contribution >= 0.6 is 45.1 Å². The van der Waals surface area contributed by atoms with E-state index in [0.717, 1.165) is 10.8 Å². The van der Waals surface area contributed by atoms with Crippen molar-refractivity contribution in [1.82, 2.24) is 35.7 Å². The van der Waals surface area contributed by atoms with Crippen molar-refractivity contribution < 1.29 is 140 Å². The summed E-state index contributed by atoms with van der Waals surface area (Å²) >= 11 is 0. The van der Waals surface area contributed by atoms with Crippen LogP contribution in [-0.4, -0.2) is 210 Å². The summed E-state index contributed by atoms with van der Waals surface area (Å²) in [5, 5.41) is 50.6. The topological polar surface area (TPSA) is 645 Å². The molecule has 0 spiro atoms. The molecular formula is C57H71N10O31P3S4. The number of nitrogens with zero attached hydrogens (tertiary/aromatic N) is 4. The van der Waals surface area contributed by atoms with E-state index in [4.69, 9.17) is 24.7 Å². The molecule has 41 nitrogen and oxygen atoms in total. The zero-order chi connectivity index (χ0) is 78.1. The van der Waals surface area contributed by atoms with E-state index in [9.17, 15) is 113 Å². The van der Waals surface area contributed by atoms with Gasteiger partial charge in [-0.05, 0) is 69.0 Å². The van der Waals surface area contributed by atoms with Crippen LogP contribution in [0.25, 0.3) is 33.4 Å². The van der Waals surface area contributed by atoms with Crippen molar-refractivity contribution in [2.75, 3.05) is 62.4 Å². The molecule has 48 heteroatoms. The monoisotopic (exact) mass is 1610 g/mol. The fourth-order valence-corrected chi connectivity index (χ4v) is 16.9. The smallest absolute Gasteiger partial charge is 0.481 e. The van der Waals surface area contributed by atoms with Crippen LogP contribution in [0.3, 0.4) is 0 Å². The third-order valence-electron chi connectivity index (χ3n) is 14.6. The number of ether oxygens (including phenoxy) is 1. The van der Waals surface area contributed by atoms with E-state index in [-0.39, 0.29) is 120 Å². The van der Waals surface area contributed by atoms with Crippen LogP contribution in [-0.2, 0) is 85.4 Å². The summed E-state index contributed by atoms with van der Waals surface area (Å²) < 4.78 is 133. The van der Waals surface area contributed by atoms with Gasteiger partial charge in [0, 0.05) is 85.7 Å². The largest absolute Gasteiger partial charge is 0.490 e. The van der Waals surface area contributed by atoms with Crippen molar-refractivity contribution in [2.45, 2.75) is 112 Å². The summed E-state index contributed by atoms with van der Waals surface area (Å²) in [6.45, 7) is 1.89. The number of anilines is 2. The van der Waals surface area contributed by atoms with Crippen LogP contribution in [0.5, 0.6) is 0 Å². The first-order valence-corrected chi connectivity index (χ1v) is 40.6. The molecule has 5 amide bonds. The Kier molecular flexibility index (Phi) is 30.5. The molecule has 3 aliphatic rings. The fourth-order valence-electron chi connectivity index (χ4n) is 10.1. The Labute approximate surface area is 603 Å². The zero-order valence-corrected chi connectivity index (χ0v) is 61.1. The molecule has 0 radical (unpaired) electrons. The Morgan fingerprint density at radius 1 is 0.810 bits per heavy atom. The number of carboxylic acids is 3. The van der Waals surface area contributed by atoms with Crippen LogP contribution < -0.4 is 43.4 Å². The molecule has 3 heterocycles. The van der Waals surface area contributed by atoms with Crippen molar-refractivity contribution in [1.29, 1.82) is 0 Å². The maximum Gasteiger partial charge on any atom is 0.490 e. The van der Waals surface area contributed by atoms with E-state index in [1.807, 2.05) is 5.32 Å². The number of carboxylic acid groups (broad SMARTS) is 3. The number of carbonyl (C=O) groups excluding carboxylic acids is 5. The standard InChI is InChI=1S/C57H71N10O31P3S4/c1-4-59-35-18-16-33-47(34-17-19-36(60-5-2)51(105(91,92)93)49(34)96-48(33)50(35)104(88,89)90)31-12-6-7-13-32(31)55(77)66(3)22-9-15-43(70)62-37(53(75)63-38(25-45(71)72)54(76)64-39(56(78)79)26-46(73)74)14-10-23-102-103-24-20-42(69)61-21-8-11-30-28-67(57(80)65-52(30)58)44-27-40(68)41(95-44)29-94-100(84,85)98-101(86,87)97-99(81,82)83/h6-7,12-13,16-19,28,37-41,44,59,68H,4-5,9-10,14-15,20-27,29H2,1-3H3,(H,61,69)(H,62,70)(H,63,75)(H,64,76)(H,71,72)(H,73,74)(H,78,79)(H,84,85)(H,86,87)(H2,58,65,80)(H2,81,82,83)(H,88,89,90)(H,91,92,93)/b60-36+/t37?,38?,39?,40?,41-,44-/m1/s1. The number of aliphatic carboxylic acids is 3. The number of nitrogens with one attached hydrogen (secondary N) is 5. The highest BCUT2D eigenvalue weighted by Crippen LogP contribution is 2.66. The van der Waals surface area contributed by atoms with Gasteiger partial charge in [-0.2, -0.15) is 30.4 Å². The van der Waals surface area contributed by atoms with E-state index < -0.39 is 180 Å². The second-order valence-corrected chi connectivity index (χ2v) is 32.2. The summed E-state index contributed by atoms with van der Waals surface area (Å²) in [6, 6.07) is 5.67. The summed E-state index contributed by atoms with van der Waals surface area (Å²) in [4.78, 5) is 160. The van der Waals surface area contributed by atoms with Gasteiger partial charge in [-0.3, -0.25) is 56.8 Å². The Morgan fingerprint density at radius 3 is 2.10 bits per heavy atom. The summed E-state index contributed by atoms with van der Waals surface area (Å²) in [7, 11) is -23.7. The summed E-state index contributed by atoms with van der Waals surface area (Å²) in [5.41, 5.74) is 4.09. The molecule has 8 atom stereocenters. The number of rotatable bonds is 38. The number of nitrogens with two attached hydrogens (primary N) is 1. The van der Waals surface area contributed by atoms with E-state index in [0.29, 0.717) is 0 Å². The van der Waals surface area contributed by atoms with E-state index >= 15 is 0 Å². The molecule has 1 aromatic heterocycles. The fraction of sp³-hybridized carbons (Fsp3) is 0.421. The molecule has 0 bridgehead atoms. The molecule has 574 valence electrons. The molecule has 0 saturated carbocycles. The van der Waals surface area contributed by atoms with Crippen LogP contribution in [0.2, 0.25) is 0 Å². The van der Waals surface area contributed by atoms with Crippen molar-refractivity contribution in [3.05, 3.63) is 81.7 Å². The minimum Gasteiger partial charge on any atom is -0.481 e. The number of benzene rings is 3. The van der Waals surface area contributed by atoms with Gasteiger partial charge in [0.15, 0.2) is 21.1 Å². The van der Waals surface area contributed by atoms with Crippen LogP contribution in [0.15, 0.2) is 78.7 Å². The second-order valence-electron chi connectivity index (χ2n) is 22.4. The predicted molar refractivity (Wildman–Crippen MR) is 368 cm³/mol. The summed E-state index contributed by atoms with van der Waals surface area (Å²) in [5.74, 6) is -4.86. The molecule has 6 rings (SSSR count). The maximum atomic E-state index is 14.6. The van der Waals surface area contributed by atoms with Crippen LogP contribution in [0, 0.1) is 11.8 Å². The van der Waals surface area contributed by atoms with Crippen molar-refractivity contribution in [3.8, 4) is 34.3 Å². The van der Waals surface area contributed by atoms with Crippen molar-refractivity contribution in [2.24, 2.45) is 4.99 Å². The van der Waals surface area contributed by atoms with Gasteiger partial charge in [0.1, 0.15) is 36.3 Å². The molecule has 105 heavy (non-hydrogen) atoms. The summed E-state index contributed by atoms with van der Waals surface area (Å²) in [6.07, 6.45) is -6.52. The third-order valence-corrected chi connectivity index (χ3v) is 22.7. The maximum absolute atomic E-state index is 14.6. The number of phosphoric acid groups is 3. The van der Waals surface area contributed by atoms with Gasteiger partial charge in [-0.1, -0.05) is 51.6 Å². The Morgan fingerprint density at radius 2 is 1.46 bits per heavy atom. The minimum atomic E-state index is -5.86. The van der Waals surface area contributed by atoms with E-state index in [2.05, 4.69) is 56.2 Å². The van der Waals surface area contributed by atoms with E-state index in [1.165, 1.54) is 82.1 Å². The van der Waals surface area contributed by atoms with Crippen LogP contribution in [0.4, 0.5) is 11.5 Å². The molecule has 1 aliphatic carbocycles. The van der Waals surface area contributed by atoms with Crippen molar-refractivity contribution in [3.63, 3.8) is 0 Å². The first-order valence-electron chi connectivity index (χ1n) is 30.7. The number of aliphatic hydroxyl groups excluding tert-OH is 1. The Balaban J connectivity index is 1.10. The number of aromatic nitrogens is 2. The lowest BCUT2D eigenvalue weighted by Gasteiger charge is -2.24. The lowest BCUT2D eigenvalue weighted by atomic mass is 9.90. The zero-order valence-electron chi connectivity index (χ0n) is 55.2. The van der Waals surface area contributed by atoms with Crippen molar-refractivity contribution >= 4 is 135 Å². The van der Waals surface area contributed by atoms with Gasteiger partial charge < -0.3 is 86.4 Å². The highest BCUT2D eigenvalue weighted by Gasteiger charge is 2.44. The Bertz CT molecular complexity index is 4700. The number of hydrogen-bond acceptors (Lipinski definition) is 28. The van der Waals surface area contributed by atoms with Gasteiger partial charge in [-0.25, -0.2) is 23.3 Å². The lowest BCUT2D eigenvalue weighted by Crippen LogP contribution is -2.56. The number of hydrogen-bond donors (Lipinski definition) is 16. The first-order chi connectivity index (χ1) is 49.0. The predicted octanol–water partition coefficient (Wildman–Crippen LogP) is 1.24. The molecule has 6 unspecified atom stereocenters. The molecule has 3 aromatic rings. The number of carbonyl (C=O) groups is 8. The van der Waals surface area contributed by atoms with Gasteiger partial charge in [0.05, 0.1) is 48.7 Å². The lowest BCUT2D eigenvalue weighted by molar-refractivity contribution is -0.148. The second kappa shape index (κ2) is 37.3. The molecule has 1 fully saturated rings. The number of phosphoric ester groups is 1. The highest BCUT2D eigenvalue weighted by molar-refractivity contribution is 8.76.